The topological polar surface area (TPSA) is 80.4 Å². The Bertz CT molecular complexity index is 331. The Morgan fingerprint density at radius 1 is 1.62 bits per heavy atom. The highest BCUT2D eigenvalue weighted by molar-refractivity contribution is 5.70. The second kappa shape index (κ2) is 3.66. The van der Waals surface area contributed by atoms with Crippen molar-refractivity contribution in [1.29, 1.82) is 0 Å². The van der Waals surface area contributed by atoms with Gasteiger partial charge in [-0.25, -0.2) is 0 Å². The number of carbonyl (C=O) groups is 1. The van der Waals surface area contributed by atoms with Gasteiger partial charge in [-0.05, 0) is 11.6 Å². The minimum absolute atomic E-state index is 0.0888. The molecular formula is C8H6NO4. The Balaban J connectivity index is 2.81. The van der Waals surface area contributed by atoms with Gasteiger partial charge in [0, 0.05) is 12.1 Å². The van der Waals surface area contributed by atoms with Crippen LogP contribution in [0.5, 0.6) is 0 Å². The van der Waals surface area contributed by atoms with Gasteiger partial charge in [-0.3, -0.25) is 14.9 Å². The van der Waals surface area contributed by atoms with E-state index in [1.807, 2.05) is 0 Å². The van der Waals surface area contributed by atoms with Crippen LogP contribution in [0.4, 0.5) is 5.69 Å². The Morgan fingerprint density at radius 3 is 2.69 bits per heavy atom. The zero-order valence-corrected chi connectivity index (χ0v) is 6.56. The minimum atomic E-state index is -0.981. The van der Waals surface area contributed by atoms with Gasteiger partial charge in [0.15, 0.2) is 0 Å². The molecule has 67 valence electrons. The lowest BCUT2D eigenvalue weighted by Crippen LogP contribution is -2.00. The van der Waals surface area contributed by atoms with Crippen LogP contribution in [0.2, 0.25) is 0 Å². The number of non-ortho nitro benzene ring substituents is 1. The van der Waals surface area contributed by atoms with Crippen LogP contribution in [0.1, 0.15) is 5.56 Å². The number of nitrogens with zero attached hydrogens (tertiary/aromatic N) is 1. The van der Waals surface area contributed by atoms with Crippen LogP contribution in [0, 0.1) is 16.2 Å². The van der Waals surface area contributed by atoms with E-state index in [1.165, 1.54) is 12.1 Å². The van der Waals surface area contributed by atoms with Crippen molar-refractivity contribution < 1.29 is 14.8 Å². The fourth-order valence-corrected chi connectivity index (χ4v) is 0.835. The largest absolute Gasteiger partial charge is 0.481 e. The van der Waals surface area contributed by atoms with E-state index < -0.39 is 10.9 Å². The smallest absolute Gasteiger partial charge is 0.307 e. The average molecular weight is 180 g/mol. The molecule has 0 aliphatic carbocycles. The van der Waals surface area contributed by atoms with Gasteiger partial charge in [0.25, 0.3) is 5.69 Å². The third kappa shape index (κ3) is 2.55. The van der Waals surface area contributed by atoms with Crippen LogP contribution in [0.3, 0.4) is 0 Å². The van der Waals surface area contributed by atoms with Crippen molar-refractivity contribution >= 4 is 11.7 Å². The molecule has 0 aliphatic rings. The van der Waals surface area contributed by atoms with Crippen molar-refractivity contribution in [3.63, 3.8) is 0 Å². The van der Waals surface area contributed by atoms with Crippen molar-refractivity contribution in [2.24, 2.45) is 0 Å². The van der Waals surface area contributed by atoms with Crippen molar-refractivity contribution in [2.45, 2.75) is 6.42 Å². The molecule has 0 unspecified atom stereocenters. The van der Waals surface area contributed by atoms with E-state index in [9.17, 15) is 14.9 Å². The van der Waals surface area contributed by atoms with Gasteiger partial charge in [0.05, 0.1) is 11.3 Å². The fourth-order valence-electron chi connectivity index (χ4n) is 0.835. The zero-order valence-electron chi connectivity index (χ0n) is 6.56. The zero-order chi connectivity index (χ0) is 9.84. The van der Waals surface area contributed by atoms with Crippen molar-refractivity contribution in [3.05, 3.63) is 39.9 Å². The van der Waals surface area contributed by atoms with Crippen molar-refractivity contribution in [2.75, 3.05) is 0 Å². The van der Waals surface area contributed by atoms with E-state index >= 15 is 0 Å². The number of benzene rings is 1. The molecule has 1 radical (unpaired) electrons. The molecule has 5 heteroatoms. The molecule has 0 atom stereocenters. The predicted octanol–water partition coefficient (Wildman–Crippen LogP) is 1.02. The number of nitro groups is 1. The highest BCUT2D eigenvalue weighted by atomic mass is 16.6. The molecule has 1 aromatic rings. The summed E-state index contributed by atoms with van der Waals surface area (Å²) < 4.78 is 0. The van der Waals surface area contributed by atoms with Crippen LogP contribution >= 0.6 is 0 Å². The number of rotatable bonds is 3. The maximum absolute atomic E-state index is 10.2. The monoisotopic (exact) mass is 180 g/mol. The third-order valence-corrected chi connectivity index (χ3v) is 1.41. The molecule has 1 aromatic carbocycles. The number of aliphatic carboxylic acids is 1. The molecule has 0 aromatic heterocycles. The van der Waals surface area contributed by atoms with Gasteiger partial charge >= 0.3 is 5.97 Å². The maximum atomic E-state index is 10.2. The molecule has 0 bridgehead atoms. The molecule has 0 aliphatic heterocycles. The van der Waals surface area contributed by atoms with E-state index in [0.717, 1.165) is 6.07 Å². The van der Waals surface area contributed by atoms with Gasteiger partial charge in [0.1, 0.15) is 0 Å². The second-order valence-corrected chi connectivity index (χ2v) is 2.40. The number of hydrogen-bond acceptors (Lipinski definition) is 3. The lowest BCUT2D eigenvalue weighted by atomic mass is 10.1. The lowest BCUT2D eigenvalue weighted by Gasteiger charge is -1.94. The summed E-state index contributed by atoms with van der Waals surface area (Å²) in [6.07, 6.45) is -0.169. The highest BCUT2D eigenvalue weighted by Gasteiger charge is 2.05. The van der Waals surface area contributed by atoms with Crippen LogP contribution in [-0.2, 0) is 11.2 Å². The first-order valence-corrected chi connectivity index (χ1v) is 3.46. The van der Waals surface area contributed by atoms with Gasteiger partial charge in [-0.2, -0.15) is 0 Å². The summed E-state index contributed by atoms with van der Waals surface area (Å²) in [4.78, 5) is 19.9. The van der Waals surface area contributed by atoms with Gasteiger partial charge in [0.2, 0.25) is 0 Å². The summed E-state index contributed by atoms with van der Waals surface area (Å²) >= 11 is 0. The summed E-state index contributed by atoms with van der Waals surface area (Å²) in [7, 11) is 0. The molecule has 13 heavy (non-hydrogen) atoms. The standard InChI is InChI=1S/C8H6NO4/c10-8(11)5-6-1-3-7(4-2-6)9(12)13/h1,3-4H,5H2,(H,10,11). The Hall–Kier alpha value is -1.91. The van der Waals surface area contributed by atoms with E-state index in [2.05, 4.69) is 6.07 Å². The number of carboxylic acid groups (broad SMARTS) is 1. The first kappa shape index (κ1) is 9.18. The Kier molecular flexibility index (Phi) is 2.59. The van der Waals surface area contributed by atoms with Crippen LogP contribution in [0.25, 0.3) is 0 Å². The molecule has 0 fully saturated rings. The van der Waals surface area contributed by atoms with Crippen LogP contribution < -0.4 is 0 Å². The summed E-state index contributed by atoms with van der Waals surface area (Å²) in [5.74, 6) is -0.981. The number of nitro benzene ring substituents is 1. The van der Waals surface area contributed by atoms with E-state index in [1.54, 1.807) is 0 Å². The lowest BCUT2D eigenvalue weighted by molar-refractivity contribution is -0.384. The molecular weight excluding hydrogens is 174 g/mol. The van der Waals surface area contributed by atoms with Gasteiger partial charge < -0.3 is 5.11 Å². The van der Waals surface area contributed by atoms with Crippen LogP contribution in [-0.4, -0.2) is 16.0 Å². The minimum Gasteiger partial charge on any atom is -0.481 e. The van der Waals surface area contributed by atoms with Crippen molar-refractivity contribution in [3.8, 4) is 0 Å². The molecule has 5 nitrogen and oxygen atoms in total. The molecule has 1 rings (SSSR count). The quantitative estimate of drug-likeness (QED) is 0.556. The van der Waals surface area contributed by atoms with Gasteiger partial charge in [-0.1, -0.05) is 6.07 Å². The first-order chi connectivity index (χ1) is 6.09. The first-order valence-electron chi connectivity index (χ1n) is 3.46. The second-order valence-electron chi connectivity index (χ2n) is 2.40. The summed E-state index contributed by atoms with van der Waals surface area (Å²) in [5, 5.41) is 18.6. The highest BCUT2D eigenvalue weighted by Crippen LogP contribution is 2.11. The van der Waals surface area contributed by atoms with Gasteiger partial charge in [-0.15, -0.1) is 0 Å². The summed E-state index contributed by atoms with van der Waals surface area (Å²) in [5.41, 5.74) is 0.340. The molecule has 0 saturated carbocycles. The van der Waals surface area contributed by atoms with E-state index in [0.29, 0.717) is 5.56 Å². The maximum Gasteiger partial charge on any atom is 0.307 e. The molecule has 0 amide bonds. The number of hydrogen-bond donors (Lipinski definition) is 1. The SMILES string of the molecule is O=C(O)Cc1[c]cc([N+](=O)[O-])cc1. The summed E-state index contributed by atoms with van der Waals surface area (Å²) in [6.45, 7) is 0. The normalized spacial score (nSPS) is 9.54. The fraction of sp³-hybridized carbons (Fsp3) is 0.125. The molecule has 0 spiro atoms. The molecule has 0 saturated heterocycles. The number of carboxylic acids is 1. The predicted molar refractivity (Wildman–Crippen MR) is 43.3 cm³/mol. The third-order valence-electron chi connectivity index (χ3n) is 1.41. The van der Waals surface area contributed by atoms with E-state index in [4.69, 9.17) is 5.11 Å². The van der Waals surface area contributed by atoms with Crippen LogP contribution in [0.15, 0.2) is 18.2 Å². The Morgan fingerprint density at radius 2 is 2.31 bits per heavy atom. The molecule has 1 N–H and O–H groups in total. The summed E-state index contributed by atoms with van der Waals surface area (Å²) in [6, 6.07) is 6.33. The molecule has 0 heterocycles. The average Bonchev–Trinajstić information content (AvgIpc) is 2.04. The van der Waals surface area contributed by atoms with Crippen molar-refractivity contribution in [1.82, 2.24) is 0 Å². The Labute approximate surface area is 73.8 Å². The van der Waals surface area contributed by atoms with E-state index in [-0.39, 0.29) is 12.1 Å².